The van der Waals surface area contributed by atoms with Gasteiger partial charge < -0.3 is 19.4 Å². The number of ether oxygens (including phenoxy) is 1. The number of methoxy groups -OCH3 is 1. The van der Waals surface area contributed by atoms with Crippen LogP contribution in [0, 0.1) is 5.82 Å². The summed E-state index contributed by atoms with van der Waals surface area (Å²) < 4.78 is 18.9. The van der Waals surface area contributed by atoms with E-state index in [0.29, 0.717) is 12.6 Å². The smallest absolute Gasteiger partial charge is 0.409 e. The summed E-state index contributed by atoms with van der Waals surface area (Å²) in [6.45, 7) is 5.58. The van der Waals surface area contributed by atoms with E-state index in [-0.39, 0.29) is 23.2 Å². The number of rotatable bonds is 1. The van der Waals surface area contributed by atoms with Gasteiger partial charge in [-0.25, -0.2) is 9.18 Å². The molecule has 1 aromatic carbocycles. The van der Waals surface area contributed by atoms with Gasteiger partial charge in [0.15, 0.2) is 0 Å². The zero-order valence-corrected chi connectivity index (χ0v) is 17.3. The highest BCUT2D eigenvalue weighted by Gasteiger charge is 2.46. The van der Waals surface area contributed by atoms with Gasteiger partial charge in [0.25, 0.3) is 0 Å². The van der Waals surface area contributed by atoms with E-state index in [1.807, 2.05) is 4.90 Å². The molecule has 7 heteroatoms. The van der Waals surface area contributed by atoms with Gasteiger partial charge in [-0.3, -0.25) is 4.79 Å². The molecule has 2 saturated heterocycles. The predicted octanol–water partition coefficient (Wildman–Crippen LogP) is 3.15. The summed E-state index contributed by atoms with van der Waals surface area (Å²) in [5, 5.41) is 0. The Kier molecular flexibility index (Phi) is 5.51. The molecule has 6 nitrogen and oxygen atoms in total. The fourth-order valence-corrected chi connectivity index (χ4v) is 5.42. The van der Waals surface area contributed by atoms with Gasteiger partial charge in [-0.05, 0) is 69.0 Å². The van der Waals surface area contributed by atoms with Crippen LogP contribution in [0.15, 0.2) is 18.2 Å². The van der Waals surface area contributed by atoms with Gasteiger partial charge in [0.1, 0.15) is 5.82 Å². The molecule has 3 aliphatic rings. The van der Waals surface area contributed by atoms with E-state index in [1.54, 1.807) is 24.0 Å². The highest BCUT2D eigenvalue weighted by atomic mass is 19.1. The summed E-state index contributed by atoms with van der Waals surface area (Å²) in [5.41, 5.74) is 1.71. The number of halogens is 1. The number of benzene rings is 1. The van der Waals surface area contributed by atoms with Crippen LogP contribution in [0.25, 0.3) is 0 Å². The van der Waals surface area contributed by atoms with Crippen molar-refractivity contribution in [1.29, 1.82) is 0 Å². The first-order valence-electron chi connectivity index (χ1n) is 10.6. The van der Waals surface area contributed by atoms with E-state index < -0.39 is 0 Å². The van der Waals surface area contributed by atoms with Crippen LogP contribution in [0.4, 0.5) is 14.9 Å². The lowest BCUT2D eigenvalue weighted by Gasteiger charge is -2.43. The molecule has 0 aromatic heterocycles. The van der Waals surface area contributed by atoms with Crippen LogP contribution in [-0.2, 0) is 14.9 Å². The molecule has 2 fully saturated rings. The van der Waals surface area contributed by atoms with E-state index >= 15 is 0 Å². The van der Waals surface area contributed by atoms with Crippen LogP contribution in [0.2, 0.25) is 0 Å². The lowest BCUT2D eigenvalue weighted by molar-refractivity contribution is -0.116. The zero-order chi connectivity index (χ0) is 20.6. The molecular formula is C22H30FN3O3. The molecule has 0 saturated carbocycles. The number of carbonyl (C=O) groups is 2. The molecule has 3 heterocycles. The zero-order valence-electron chi connectivity index (χ0n) is 17.3. The lowest BCUT2D eigenvalue weighted by Crippen LogP contribution is -2.49. The third-order valence-electron chi connectivity index (χ3n) is 7.06. The fourth-order valence-electron chi connectivity index (χ4n) is 5.42. The second kappa shape index (κ2) is 7.94. The van der Waals surface area contributed by atoms with Crippen molar-refractivity contribution in [2.45, 2.75) is 50.5 Å². The van der Waals surface area contributed by atoms with Gasteiger partial charge >= 0.3 is 6.09 Å². The summed E-state index contributed by atoms with van der Waals surface area (Å²) >= 11 is 0. The van der Waals surface area contributed by atoms with Gasteiger partial charge in [0.05, 0.1) is 7.11 Å². The summed E-state index contributed by atoms with van der Waals surface area (Å²) in [6.07, 6.45) is 4.61. The van der Waals surface area contributed by atoms with Crippen molar-refractivity contribution < 1.29 is 18.7 Å². The Labute approximate surface area is 171 Å². The maximum absolute atomic E-state index is 14.0. The first-order valence-corrected chi connectivity index (χ1v) is 10.6. The molecule has 1 spiro atoms. The highest BCUT2D eigenvalue weighted by Crippen LogP contribution is 2.47. The van der Waals surface area contributed by atoms with Crippen LogP contribution in [0.5, 0.6) is 0 Å². The first-order chi connectivity index (χ1) is 13.9. The molecule has 0 aliphatic carbocycles. The normalized spacial score (nSPS) is 24.3. The Balaban J connectivity index is 1.45. The minimum Gasteiger partial charge on any atom is -0.453 e. The number of carbonyl (C=O) groups excluding carboxylic acids is 2. The largest absolute Gasteiger partial charge is 0.453 e. The standard InChI is InChI=1S/C22H30FN3O3/c1-16(27)26-15-22(19-14-17(23)5-6-20(19)26)8-12-24(13-9-22)18-4-3-10-25(11-7-18)21(28)29-2/h5-6,14,18H,3-4,7-13,15H2,1-2H3. The van der Waals surface area contributed by atoms with Gasteiger partial charge in [-0.1, -0.05) is 0 Å². The van der Waals surface area contributed by atoms with Gasteiger partial charge in [-0.15, -0.1) is 0 Å². The number of amides is 2. The Morgan fingerprint density at radius 2 is 1.90 bits per heavy atom. The number of piperidine rings is 1. The number of nitrogens with zero attached hydrogens (tertiary/aromatic N) is 3. The van der Waals surface area contributed by atoms with Crippen molar-refractivity contribution in [3.63, 3.8) is 0 Å². The van der Waals surface area contributed by atoms with Gasteiger partial charge in [0.2, 0.25) is 5.91 Å². The molecule has 0 N–H and O–H groups in total. The van der Waals surface area contributed by atoms with E-state index in [4.69, 9.17) is 4.74 Å². The average Bonchev–Trinajstić information content (AvgIpc) is 2.87. The van der Waals surface area contributed by atoms with Crippen LogP contribution in [0.1, 0.15) is 44.6 Å². The predicted molar refractivity (Wildman–Crippen MR) is 109 cm³/mol. The molecule has 2 amide bonds. The van der Waals surface area contributed by atoms with E-state index in [9.17, 15) is 14.0 Å². The van der Waals surface area contributed by atoms with Crippen molar-refractivity contribution in [2.75, 3.05) is 44.7 Å². The summed E-state index contributed by atoms with van der Waals surface area (Å²) in [7, 11) is 1.43. The minimum atomic E-state index is -0.239. The molecule has 0 radical (unpaired) electrons. The van der Waals surface area contributed by atoms with E-state index in [0.717, 1.165) is 69.5 Å². The number of anilines is 1. The second-order valence-electron chi connectivity index (χ2n) is 8.62. The molecule has 29 heavy (non-hydrogen) atoms. The van der Waals surface area contributed by atoms with Crippen LogP contribution < -0.4 is 4.90 Å². The Morgan fingerprint density at radius 3 is 2.59 bits per heavy atom. The number of hydrogen-bond donors (Lipinski definition) is 0. The van der Waals surface area contributed by atoms with Crippen molar-refractivity contribution in [2.24, 2.45) is 0 Å². The molecule has 1 unspecified atom stereocenters. The summed E-state index contributed by atoms with van der Waals surface area (Å²) in [5.74, 6) is -0.216. The van der Waals surface area contributed by atoms with Crippen LogP contribution in [-0.4, -0.2) is 67.7 Å². The summed E-state index contributed by atoms with van der Waals surface area (Å²) in [4.78, 5) is 30.1. The second-order valence-corrected chi connectivity index (χ2v) is 8.62. The highest BCUT2D eigenvalue weighted by molar-refractivity contribution is 5.94. The van der Waals surface area contributed by atoms with E-state index in [2.05, 4.69) is 4.90 Å². The molecular weight excluding hydrogens is 373 g/mol. The molecule has 0 bridgehead atoms. The van der Waals surface area contributed by atoms with Gasteiger partial charge in [0, 0.05) is 43.7 Å². The lowest BCUT2D eigenvalue weighted by atomic mass is 9.74. The molecule has 1 atom stereocenters. The topological polar surface area (TPSA) is 53.1 Å². The first kappa shape index (κ1) is 20.1. The van der Waals surface area contributed by atoms with Crippen molar-refractivity contribution in [3.8, 4) is 0 Å². The minimum absolute atomic E-state index is 0.0174. The average molecular weight is 403 g/mol. The molecule has 4 rings (SSSR count). The van der Waals surface area contributed by atoms with Crippen molar-refractivity contribution in [3.05, 3.63) is 29.6 Å². The number of hydrogen-bond acceptors (Lipinski definition) is 4. The Hall–Kier alpha value is -2.15. The Morgan fingerprint density at radius 1 is 1.14 bits per heavy atom. The fraction of sp³-hybridized carbons (Fsp3) is 0.636. The monoisotopic (exact) mass is 403 g/mol. The number of fused-ring (bicyclic) bond motifs is 2. The van der Waals surface area contributed by atoms with Crippen molar-refractivity contribution >= 4 is 17.7 Å². The maximum Gasteiger partial charge on any atom is 0.409 e. The molecule has 3 aliphatic heterocycles. The molecule has 158 valence electrons. The maximum atomic E-state index is 14.0. The third-order valence-corrected chi connectivity index (χ3v) is 7.06. The van der Waals surface area contributed by atoms with E-state index in [1.165, 1.54) is 13.2 Å². The number of likely N-dealkylation sites (tertiary alicyclic amines) is 2. The third kappa shape index (κ3) is 3.72. The van der Waals surface area contributed by atoms with Gasteiger partial charge in [-0.2, -0.15) is 0 Å². The molecule has 1 aromatic rings. The summed E-state index contributed by atoms with van der Waals surface area (Å²) in [6, 6.07) is 5.29. The van der Waals surface area contributed by atoms with Crippen molar-refractivity contribution in [1.82, 2.24) is 9.80 Å². The Bertz CT molecular complexity index is 792. The van der Waals surface area contributed by atoms with Crippen LogP contribution >= 0.6 is 0 Å². The quantitative estimate of drug-likeness (QED) is 0.723. The SMILES string of the molecule is COC(=O)N1CCCC(N2CCC3(CC2)CN(C(C)=O)c2ccc(F)cc23)CC1. The van der Waals surface area contributed by atoms with Crippen LogP contribution in [0.3, 0.4) is 0 Å².